The molecule has 1 aliphatic rings. The summed E-state index contributed by atoms with van der Waals surface area (Å²) in [6.07, 6.45) is -1.52. The summed E-state index contributed by atoms with van der Waals surface area (Å²) in [7, 11) is 0. The first-order valence-electron chi connectivity index (χ1n) is 8.71. The van der Waals surface area contributed by atoms with Crippen molar-refractivity contribution in [2.45, 2.75) is 18.9 Å². The first-order valence-corrected chi connectivity index (χ1v) is 8.71. The number of hydrogen-bond acceptors (Lipinski definition) is 5. The fourth-order valence-corrected chi connectivity index (χ4v) is 3.20. The van der Waals surface area contributed by atoms with Gasteiger partial charge in [-0.2, -0.15) is 13.2 Å². The Morgan fingerprint density at radius 1 is 1.07 bits per heavy atom. The Balaban J connectivity index is 1.62. The highest BCUT2D eigenvalue weighted by Crippen LogP contribution is 2.34. The standard InChI is InChI=1S/C20H17F3N4O/c21-20(22,23)15-3-1-2-14(12-15)17-5-4-13-8-11-27(18(13)26-17)19(28)25-16-6-9-24-10-7-16/h1-7,9-10,12,19,28H,8,11H2,(H,24,25). The van der Waals surface area contributed by atoms with Gasteiger partial charge in [-0.1, -0.05) is 18.2 Å². The van der Waals surface area contributed by atoms with Gasteiger partial charge in [-0.15, -0.1) is 0 Å². The molecule has 0 amide bonds. The van der Waals surface area contributed by atoms with Crippen LogP contribution in [0.1, 0.15) is 11.1 Å². The van der Waals surface area contributed by atoms with E-state index in [-0.39, 0.29) is 0 Å². The smallest absolute Gasteiger partial charge is 0.356 e. The number of benzene rings is 1. The number of hydrogen-bond donors (Lipinski definition) is 2. The zero-order valence-corrected chi connectivity index (χ0v) is 14.7. The maximum Gasteiger partial charge on any atom is 0.416 e. The van der Waals surface area contributed by atoms with E-state index in [0.29, 0.717) is 35.7 Å². The van der Waals surface area contributed by atoms with Crippen LogP contribution in [0.25, 0.3) is 11.3 Å². The summed E-state index contributed by atoms with van der Waals surface area (Å²) in [5, 5.41) is 13.5. The Kier molecular flexibility index (Phi) is 4.64. The summed E-state index contributed by atoms with van der Waals surface area (Å²) in [4.78, 5) is 10.2. The van der Waals surface area contributed by atoms with E-state index in [1.807, 2.05) is 6.07 Å². The van der Waals surface area contributed by atoms with E-state index in [1.165, 1.54) is 6.07 Å². The van der Waals surface area contributed by atoms with Crippen LogP contribution in [0, 0.1) is 0 Å². The van der Waals surface area contributed by atoms with Crippen LogP contribution in [0.4, 0.5) is 24.7 Å². The molecule has 0 fully saturated rings. The summed E-state index contributed by atoms with van der Waals surface area (Å²) in [5.41, 5.74) is 1.72. The Bertz CT molecular complexity index is 979. The van der Waals surface area contributed by atoms with Crippen molar-refractivity contribution in [3.05, 3.63) is 72.1 Å². The predicted molar refractivity (Wildman–Crippen MR) is 99.6 cm³/mol. The number of pyridine rings is 2. The molecule has 2 aromatic heterocycles. The Labute approximate surface area is 159 Å². The molecule has 0 saturated heterocycles. The fourth-order valence-electron chi connectivity index (χ4n) is 3.20. The van der Waals surface area contributed by atoms with Gasteiger partial charge in [-0.05, 0) is 42.3 Å². The maximum absolute atomic E-state index is 13.0. The Morgan fingerprint density at radius 3 is 2.61 bits per heavy atom. The predicted octanol–water partition coefficient (Wildman–Crippen LogP) is 3.91. The maximum atomic E-state index is 13.0. The van der Waals surface area contributed by atoms with Gasteiger partial charge in [0.15, 0.2) is 0 Å². The van der Waals surface area contributed by atoms with Gasteiger partial charge in [0.25, 0.3) is 0 Å². The minimum Gasteiger partial charge on any atom is -0.356 e. The Morgan fingerprint density at radius 2 is 1.86 bits per heavy atom. The lowest BCUT2D eigenvalue weighted by Crippen LogP contribution is -2.40. The number of nitrogens with zero attached hydrogens (tertiary/aromatic N) is 3. The van der Waals surface area contributed by atoms with Crippen molar-refractivity contribution in [1.82, 2.24) is 9.97 Å². The molecule has 28 heavy (non-hydrogen) atoms. The molecule has 5 nitrogen and oxygen atoms in total. The molecule has 0 radical (unpaired) electrons. The quantitative estimate of drug-likeness (QED) is 0.666. The summed E-state index contributed by atoms with van der Waals surface area (Å²) in [5.74, 6) is 0.559. The zero-order chi connectivity index (χ0) is 19.7. The zero-order valence-electron chi connectivity index (χ0n) is 14.7. The van der Waals surface area contributed by atoms with Crippen LogP contribution in [0.5, 0.6) is 0 Å². The lowest BCUT2D eigenvalue weighted by Gasteiger charge is -2.26. The number of aromatic nitrogens is 2. The highest BCUT2D eigenvalue weighted by atomic mass is 19.4. The normalized spacial score (nSPS) is 14.6. The van der Waals surface area contributed by atoms with Crippen molar-refractivity contribution in [3.8, 4) is 11.3 Å². The molecular weight excluding hydrogens is 369 g/mol. The minimum absolute atomic E-state index is 0.376. The third-order valence-corrected chi connectivity index (χ3v) is 4.61. The second kappa shape index (κ2) is 7.12. The average Bonchev–Trinajstić information content (AvgIpc) is 3.11. The molecule has 3 heterocycles. The molecule has 0 aliphatic carbocycles. The van der Waals surface area contributed by atoms with E-state index in [4.69, 9.17) is 0 Å². The largest absolute Gasteiger partial charge is 0.416 e. The number of aliphatic hydroxyl groups excluding tert-OH is 1. The molecule has 1 aromatic carbocycles. The molecular formula is C20H17F3N4O. The topological polar surface area (TPSA) is 61.3 Å². The van der Waals surface area contributed by atoms with Crippen LogP contribution in [-0.4, -0.2) is 28.0 Å². The number of anilines is 2. The highest BCUT2D eigenvalue weighted by Gasteiger charge is 2.31. The third-order valence-electron chi connectivity index (χ3n) is 4.61. The second-order valence-electron chi connectivity index (χ2n) is 6.46. The number of rotatable bonds is 4. The van der Waals surface area contributed by atoms with Crippen molar-refractivity contribution in [2.24, 2.45) is 0 Å². The molecule has 1 atom stereocenters. The van der Waals surface area contributed by atoms with Crippen LogP contribution in [0.15, 0.2) is 60.9 Å². The van der Waals surface area contributed by atoms with Crippen LogP contribution in [0.2, 0.25) is 0 Å². The van der Waals surface area contributed by atoms with E-state index in [0.717, 1.165) is 17.7 Å². The van der Waals surface area contributed by atoms with Gasteiger partial charge in [-0.3, -0.25) is 4.98 Å². The molecule has 1 aliphatic heterocycles. The van der Waals surface area contributed by atoms with Gasteiger partial charge >= 0.3 is 6.18 Å². The molecule has 3 aromatic rings. The number of aliphatic hydroxyl groups is 1. The number of fused-ring (bicyclic) bond motifs is 1. The third kappa shape index (κ3) is 3.63. The fraction of sp³-hybridized carbons (Fsp3) is 0.200. The molecule has 8 heteroatoms. The van der Waals surface area contributed by atoms with Crippen LogP contribution >= 0.6 is 0 Å². The van der Waals surface area contributed by atoms with Crippen molar-refractivity contribution >= 4 is 11.5 Å². The van der Waals surface area contributed by atoms with Crippen molar-refractivity contribution < 1.29 is 18.3 Å². The lowest BCUT2D eigenvalue weighted by molar-refractivity contribution is -0.137. The van der Waals surface area contributed by atoms with Crippen molar-refractivity contribution in [3.63, 3.8) is 0 Å². The van der Waals surface area contributed by atoms with Gasteiger partial charge in [0.2, 0.25) is 6.35 Å². The molecule has 0 spiro atoms. The Hall–Kier alpha value is -3.13. The van der Waals surface area contributed by atoms with Crippen LogP contribution in [0.3, 0.4) is 0 Å². The molecule has 2 N–H and O–H groups in total. The lowest BCUT2D eigenvalue weighted by atomic mass is 10.1. The van der Waals surface area contributed by atoms with E-state index < -0.39 is 18.1 Å². The summed E-state index contributed by atoms with van der Waals surface area (Å²) in [6.45, 7) is 0.549. The molecule has 144 valence electrons. The number of alkyl halides is 3. The van der Waals surface area contributed by atoms with Gasteiger partial charge in [0, 0.05) is 30.2 Å². The van der Waals surface area contributed by atoms with E-state index in [9.17, 15) is 18.3 Å². The first-order chi connectivity index (χ1) is 13.4. The number of nitrogens with one attached hydrogen (secondary N) is 1. The highest BCUT2D eigenvalue weighted by molar-refractivity contribution is 5.66. The molecule has 4 rings (SSSR count). The van der Waals surface area contributed by atoms with Gasteiger partial charge in [0.1, 0.15) is 5.82 Å². The van der Waals surface area contributed by atoms with Gasteiger partial charge in [0.05, 0.1) is 11.3 Å². The number of halogens is 3. The summed E-state index contributed by atoms with van der Waals surface area (Å²) < 4.78 is 39.0. The average molecular weight is 386 g/mol. The van der Waals surface area contributed by atoms with E-state index in [2.05, 4.69) is 15.3 Å². The van der Waals surface area contributed by atoms with Crippen LogP contribution < -0.4 is 10.2 Å². The monoisotopic (exact) mass is 386 g/mol. The molecule has 1 unspecified atom stereocenters. The van der Waals surface area contributed by atoms with E-state index in [1.54, 1.807) is 41.6 Å². The summed E-state index contributed by atoms with van der Waals surface area (Å²) >= 11 is 0. The second-order valence-corrected chi connectivity index (χ2v) is 6.46. The van der Waals surface area contributed by atoms with Gasteiger partial charge in [-0.25, -0.2) is 4.98 Å². The van der Waals surface area contributed by atoms with E-state index >= 15 is 0 Å². The van der Waals surface area contributed by atoms with Crippen molar-refractivity contribution in [1.29, 1.82) is 0 Å². The van der Waals surface area contributed by atoms with Crippen LogP contribution in [-0.2, 0) is 12.6 Å². The first kappa shape index (κ1) is 18.2. The van der Waals surface area contributed by atoms with Crippen molar-refractivity contribution in [2.75, 3.05) is 16.8 Å². The SMILES string of the molecule is OC(Nc1ccncc1)N1CCc2ccc(-c3cccc(C(F)(F)F)c3)nc21. The molecule has 0 bridgehead atoms. The molecule has 0 saturated carbocycles. The summed E-state index contributed by atoms with van der Waals surface area (Å²) in [6, 6.07) is 12.1. The minimum atomic E-state index is -4.41. The van der Waals surface area contributed by atoms with Gasteiger partial charge < -0.3 is 15.3 Å².